The van der Waals surface area contributed by atoms with E-state index in [9.17, 15) is 4.79 Å². The summed E-state index contributed by atoms with van der Waals surface area (Å²) in [6, 6.07) is 0. The number of halogens is 1. The van der Waals surface area contributed by atoms with Crippen LogP contribution in [0.1, 0.15) is 55.8 Å². The van der Waals surface area contributed by atoms with Gasteiger partial charge in [-0.3, -0.25) is 4.79 Å². The van der Waals surface area contributed by atoms with E-state index in [0.717, 1.165) is 48.8 Å². The van der Waals surface area contributed by atoms with Gasteiger partial charge < -0.3 is 9.80 Å². The van der Waals surface area contributed by atoms with Crippen LogP contribution in [0.3, 0.4) is 0 Å². The third kappa shape index (κ3) is 3.86. The van der Waals surface area contributed by atoms with Crippen LogP contribution >= 0.6 is 22.9 Å². The summed E-state index contributed by atoms with van der Waals surface area (Å²) >= 11 is 7.89. The highest BCUT2D eigenvalue weighted by molar-refractivity contribution is 7.19. The number of rotatable bonds is 4. The number of hydrogen-bond acceptors (Lipinski definition) is 5. The van der Waals surface area contributed by atoms with Gasteiger partial charge in [0.05, 0.1) is 5.39 Å². The normalized spacial score (nSPS) is 18.8. The molecule has 1 atom stereocenters. The number of anilines is 1. The standard InChI is InChI=1S/C21H29ClN4OS/c1-3-7-17-23-19(25-10-12-26(13-11-25)21(27)14(2)22)18-15-8-5-4-6-9-16(15)28-20(18)24-17/h14H,3-13H2,1-2H3/t14-/m1/s1. The predicted octanol–water partition coefficient (Wildman–Crippen LogP) is 4.19. The number of fused-ring (bicyclic) bond motifs is 3. The quantitative estimate of drug-likeness (QED) is 0.549. The second kappa shape index (κ2) is 8.54. The smallest absolute Gasteiger partial charge is 0.240 e. The van der Waals surface area contributed by atoms with Gasteiger partial charge in [0, 0.05) is 37.5 Å². The van der Waals surface area contributed by atoms with E-state index in [1.165, 1.54) is 41.5 Å². The molecule has 0 bridgehead atoms. The molecule has 1 aliphatic heterocycles. The molecule has 0 unspecified atom stereocenters. The molecule has 0 spiro atoms. The Labute approximate surface area is 176 Å². The Hall–Kier alpha value is -1.40. The highest BCUT2D eigenvalue weighted by atomic mass is 35.5. The largest absolute Gasteiger partial charge is 0.352 e. The first kappa shape index (κ1) is 19.9. The zero-order valence-electron chi connectivity index (χ0n) is 16.8. The Kier molecular flexibility index (Phi) is 6.07. The second-order valence-electron chi connectivity index (χ2n) is 7.89. The summed E-state index contributed by atoms with van der Waals surface area (Å²) in [4.78, 5) is 29.1. The van der Waals surface area contributed by atoms with E-state index in [1.54, 1.807) is 6.92 Å². The maximum Gasteiger partial charge on any atom is 0.240 e. The number of amides is 1. The first-order valence-corrected chi connectivity index (χ1v) is 11.8. The summed E-state index contributed by atoms with van der Waals surface area (Å²) in [6.45, 7) is 6.94. The lowest BCUT2D eigenvalue weighted by Crippen LogP contribution is -2.50. The number of hydrogen-bond donors (Lipinski definition) is 0. The average Bonchev–Trinajstić information content (AvgIpc) is 2.88. The number of thiophene rings is 1. The molecule has 1 saturated heterocycles. The minimum Gasteiger partial charge on any atom is -0.352 e. The number of aryl methyl sites for hydroxylation is 3. The maximum absolute atomic E-state index is 12.2. The molecule has 4 rings (SSSR count). The van der Waals surface area contributed by atoms with Gasteiger partial charge in [0.25, 0.3) is 0 Å². The summed E-state index contributed by atoms with van der Waals surface area (Å²) in [5, 5.41) is 0.827. The molecule has 3 heterocycles. The average molecular weight is 421 g/mol. The fraction of sp³-hybridized carbons (Fsp3) is 0.667. The monoisotopic (exact) mass is 420 g/mol. The molecule has 0 radical (unpaired) electrons. The minimum absolute atomic E-state index is 0.0326. The summed E-state index contributed by atoms with van der Waals surface area (Å²) in [6.07, 6.45) is 8.12. The molecule has 2 aliphatic rings. The summed E-state index contributed by atoms with van der Waals surface area (Å²) in [5.74, 6) is 2.08. The van der Waals surface area contributed by atoms with Crippen molar-refractivity contribution in [1.82, 2.24) is 14.9 Å². The molecular formula is C21H29ClN4OS. The highest BCUT2D eigenvalue weighted by Crippen LogP contribution is 2.39. The predicted molar refractivity (Wildman–Crippen MR) is 117 cm³/mol. The van der Waals surface area contributed by atoms with Crippen LogP contribution in [0, 0.1) is 0 Å². The van der Waals surface area contributed by atoms with Crippen LogP contribution in [0.15, 0.2) is 0 Å². The van der Waals surface area contributed by atoms with Gasteiger partial charge in [-0.2, -0.15) is 0 Å². The Balaban J connectivity index is 1.69. The van der Waals surface area contributed by atoms with Gasteiger partial charge >= 0.3 is 0 Å². The van der Waals surface area contributed by atoms with Crippen molar-refractivity contribution in [2.24, 2.45) is 0 Å². The lowest BCUT2D eigenvalue weighted by atomic mass is 10.1. The van der Waals surface area contributed by atoms with Crippen LogP contribution in [0.5, 0.6) is 0 Å². The fourth-order valence-electron chi connectivity index (χ4n) is 4.31. The second-order valence-corrected chi connectivity index (χ2v) is 9.62. The first-order chi connectivity index (χ1) is 13.6. The minimum atomic E-state index is -0.457. The van der Waals surface area contributed by atoms with Gasteiger partial charge in [-0.1, -0.05) is 13.3 Å². The van der Waals surface area contributed by atoms with E-state index in [-0.39, 0.29) is 5.91 Å². The van der Waals surface area contributed by atoms with E-state index >= 15 is 0 Å². The van der Waals surface area contributed by atoms with Crippen molar-refractivity contribution in [3.63, 3.8) is 0 Å². The molecular weight excluding hydrogens is 392 g/mol. The third-order valence-corrected chi connectivity index (χ3v) is 7.17. The molecule has 0 N–H and O–H groups in total. The summed E-state index contributed by atoms with van der Waals surface area (Å²) < 4.78 is 0. The summed E-state index contributed by atoms with van der Waals surface area (Å²) in [5.41, 5.74) is 1.49. The lowest BCUT2D eigenvalue weighted by molar-refractivity contribution is -0.130. The number of nitrogens with zero attached hydrogens (tertiary/aromatic N) is 4. The van der Waals surface area contributed by atoms with Gasteiger partial charge in [-0.15, -0.1) is 22.9 Å². The van der Waals surface area contributed by atoms with Crippen molar-refractivity contribution in [3.8, 4) is 0 Å². The number of aromatic nitrogens is 2. The van der Waals surface area contributed by atoms with Crippen LogP contribution in [-0.2, 0) is 24.1 Å². The number of carbonyl (C=O) groups excluding carboxylic acids is 1. The maximum atomic E-state index is 12.2. The van der Waals surface area contributed by atoms with Gasteiger partial charge in [-0.05, 0) is 44.6 Å². The zero-order chi connectivity index (χ0) is 19.7. The van der Waals surface area contributed by atoms with Gasteiger partial charge in [0.2, 0.25) is 5.91 Å². The van der Waals surface area contributed by atoms with Crippen LogP contribution in [-0.4, -0.2) is 52.3 Å². The molecule has 2 aromatic rings. The molecule has 152 valence electrons. The third-order valence-electron chi connectivity index (χ3n) is 5.80. The van der Waals surface area contributed by atoms with Gasteiger partial charge in [0.1, 0.15) is 21.8 Å². The Bertz CT molecular complexity index is 858. The van der Waals surface area contributed by atoms with E-state index < -0.39 is 5.38 Å². The van der Waals surface area contributed by atoms with E-state index in [1.807, 2.05) is 16.2 Å². The van der Waals surface area contributed by atoms with E-state index in [0.29, 0.717) is 13.1 Å². The van der Waals surface area contributed by atoms with Crippen molar-refractivity contribution >= 4 is 44.9 Å². The van der Waals surface area contributed by atoms with Crippen molar-refractivity contribution in [1.29, 1.82) is 0 Å². The SMILES string of the molecule is CCCc1nc(N2CCN(C(=O)[C@@H](C)Cl)CC2)c2c3c(sc2n1)CCCCC3. The molecule has 0 aromatic carbocycles. The van der Waals surface area contributed by atoms with E-state index in [4.69, 9.17) is 21.6 Å². The number of piperazine rings is 1. The lowest BCUT2D eigenvalue weighted by Gasteiger charge is -2.36. The van der Waals surface area contributed by atoms with Crippen molar-refractivity contribution < 1.29 is 4.79 Å². The zero-order valence-corrected chi connectivity index (χ0v) is 18.4. The van der Waals surface area contributed by atoms with Crippen LogP contribution in [0.2, 0.25) is 0 Å². The van der Waals surface area contributed by atoms with Crippen LogP contribution in [0.4, 0.5) is 5.82 Å². The molecule has 1 amide bonds. The van der Waals surface area contributed by atoms with Crippen molar-refractivity contribution in [2.45, 2.75) is 64.2 Å². The summed E-state index contributed by atoms with van der Waals surface area (Å²) in [7, 11) is 0. The molecule has 7 heteroatoms. The molecule has 5 nitrogen and oxygen atoms in total. The van der Waals surface area contributed by atoms with Gasteiger partial charge in [-0.25, -0.2) is 9.97 Å². The Morgan fingerprint density at radius 2 is 1.89 bits per heavy atom. The Morgan fingerprint density at radius 1 is 1.14 bits per heavy atom. The fourth-order valence-corrected chi connectivity index (χ4v) is 5.73. The highest BCUT2D eigenvalue weighted by Gasteiger charge is 2.28. The molecule has 2 aromatic heterocycles. The van der Waals surface area contributed by atoms with Crippen molar-refractivity contribution in [3.05, 3.63) is 16.3 Å². The molecule has 1 aliphatic carbocycles. The van der Waals surface area contributed by atoms with Crippen LogP contribution in [0.25, 0.3) is 10.2 Å². The first-order valence-electron chi connectivity index (χ1n) is 10.6. The molecule has 28 heavy (non-hydrogen) atoms. The topological polar surface area (TPSA) is 49.3 Å². The molecule has 1 fully saturated rings. The Morgan fingerprint density at radius 3 is 2.61 bits per heavy atom. The van der Waals surface area contributed by atoms with E-state index in [2.05, 4.69) is 11.8 Å². The van der Waals surface area contributed by atoms with Gasteiger partial charge in [0.15, 0.2) is 0 Å². The number of alkyl halides is 1. The van der Waals surface area contributed by atoms with Crippen molar-refractivity contribution in [2.75, 3.05) is 31.1 Å². The number of carbonyl (C=O) groups is 1. The van der Waals surface area contributed by atoms with Crippen LogP contribution < -0.4 is 4.90 Å². The molecule has 0 saturated carbocycles.